The highest BCUT2D eigenvalue weighted by atomic mass is 32.2. The molecule has 0 radical (unpaired) electrons. The molecule has 0 saturated heterocycles. The van der Waals surface area contributed by atoms with Crippen LogP contribution in [0.25, 0.3) is 0 Å². The van der Waals surface area contributed by atoms with Gasteiger partial charge in [0.25, 0.3) is 0 Å². The Morgan fingerprint density at radius 1 is 1.06 bits per heavy atom. The lowest BCUT2D eigenvalue weighted by Crippen LogP contribution is -2.34. The molecule has 0 amide bonds. The molecule has 1 rings (SSSR count). The zero-order valence-corrected chi connectivity index (χ0v) is 13.6. The van der Waals surface area contributed by atoms with Crippen molar-refractivity contribution in [2.24, 2.45) is 5.41 Å². The summed E-state index contributed by atoms with van der Waals surface area (Å²) in [7, 11) is -0.674. The lowest BCUT2D eigenvalue weighted by atomic mass is 9.77. The molecule has 0 N–H and O–H groups in total. The fraction of sp³-hybridized carbons (Fsp3) is 1.00. The van der Waals surface area contributed by atoms with E-state index in [1.165, 1.54) is 38.5 Å². The highest BCUT2D eigenvalue weighted by molar-refractivity contribution is 7.86. The van der Waals surface area contributed by atoms with Gasteiger partial charge >= 0.3 is 0 Å². The fourth-order valence-corrected chi connectivity index (χ4v) is 3.44. The first-order valence-electron chi connectivity index (χ1n) is 7.13. The van der Waals surface area contributed by atoms with Crippen LogP contribution in [0, 0.1) is 5.41 Å². The molecule has 2 heteroatoms. The second-order valence-electron chi connectivity index (χ2n) is 6.68. The lowest BCUT2D eigenvalue weighted by Gasteiger charge is -2.35. The maximum atomic E-state index is 12.0. The van der Waals surface area contributed by atoms with Crippen LogP contribution in [-0.2, 0) is 10.8 Å². The van der Waals surface area contributed by atoms with Crippen molar-refractivity contribution >= 4 is 10.8 Å². The molecular weight excluding hydrogens is 240 g/mol. The molecule has 1 saturated carbocycles. The highest BCUT2D eigenvalue weighted by Gasteiger charge is 2.32. The van der Waals surface area contributed by atoms with Crippen LogP contribution in [-0.4, -0.2) is 14.7 Å². The van der Waals surface area contributed by atoms with Crippen LogP contribution in [0.2, 0.25) is 0 Å². The molecule has 1 unspecified atom stereocenters. The minimum absolute atomic E-state index is 0. The standard InChI is InChI=1S/C12H24OS.C3H8.CH4/c1-11(2,3)14(13)10-12(4)8-6-5-7-9-12;1-3-2;/h5-10H2,1-4H3;3H2,1-2H3;1H4. The fourth-order valence-electron chi connectivity index (χ4n) is 2.08. The Balaban J connectivity index is 0. The van der Waals surface area contributed by atoms with Crippen molar-refractivity contribution in [2.45, 2.75) is 92.2 Å². The summed E-state index contributed by atoms with van der Waals surface area (Å²) in [5.41, 5.74) is 0.358. The van der Waals surface area contributed by atoms with Crippen LogP contribution in [0.15, 0.2) is 0 Å². The first-order chi connectivity index (χ1) is 7.75. The zero-order valence-electron chi connectivity index (χ0n) is 12.8. The van der Waals surface area contributed by atoms with Gasteiger partial charge in [0, 0.05) is 21.3 Å². The van der Waals surface area contributed by atoms with Crippen LogP contribution < -0.4 is 0 Å². The third-order valence-electron chi connectivity index (χ3n) is 3.22. The minimum atomic E-state index is -0.674. The molecule has 0 bridgehead atoms. The molecule has 1 fully saturated rings. The van der Waals surface area contributed by atoms with E-state index in [1.807, 2.05) is 0 Å². The van der Waals surface area contributed by atoms with Gasteiger partial charge < -0.3 is 0 Å². The van der Waals surface area contributed by atoms with Crippen LogP contribution in [0.5, 0.6) is 0 Å². The van der Waals surface area contributed by atoms with E-state index in [0.717, 1.165) is 5.75 Å². The summed E-state index contributed by atoms with van der Waals surface area (Å²) in [6.07, 6.45) is 7.83. The van der Waals surface area contributed by atoms with E-state index in [-0.39, 0.29) is 12.2 Å². The van der Waals surface area contributed by atoms with Gasteiger partial charge in [-0.3, -0.25) is 4.21 Å². The molecule has 1 aliphatic carbocycles. The zero-order chi connectivity index (χ0) is 13.5. The van der Waals surface area contributed by atoms with E-state index in [1.54, 1.807) is 0 Å². The highest BCUT2D eigenvalue weighted by Crippen LogP contribution is 2.37. The molecule has 1 nitrogen and oxygen atoms in total. The predicted molar refractivity (Wildman–Crippen MR) is 86.7 cm³/mol. The van der Waals surface area contributed by atoms with Crippen LogP contribution >= 0.6 is 0 Å². The van der Waals surface area contributed by atoms with E-state index < -0.39 is 10.8 Å². The SMILES string of the molecule is C.CC1(CS(=O)C(C)(C)C)CCCCC1.CCC. The van der Waals surface area contributed by atoms with Gasteiger partial charge in [0.05, 0.1) is 0 Å². The molecular formula is C16H36OS. The van der Waals surface area contributed by atoms with Gasteiger partial charge in [0.1, 0.15) is 0 Å². The smallest absolute Gasteiger partial charge is 0.0375 e. The second-order valence-corrected chi connectivity index (χ2v) is 8.89. The first kappa shape index (κ1) is 20.5. The molecule has 0 aromatic heterocycles. The van der Waals surface area contributed by atoms with Gasteiger partial charge in [-0.2, -0.15) is 0 Å². The van der Waals surface area contributed by atoms with Crippen molar-refractivity contribution in [2.75, 3.05) is 5.75 Å². The average molecular weight is 277 g/mol. The second kappa shape index (κ2) is 9.12. The Kier molecular flexibility index (Phi) is 10.4. The third-order valence-corrected chi connectivity index (χ3v) is 5.55. The molecule has 112 valence electrons. The number of hydrogen-bond donors (Lipinski definition) is 0. The molecule has 0 aliphatic heterocycles. The molecule has 1 atom stereocenters. The largest absolute Gasteiger partial charge is 0.259 e. The summed E-state index contributed by atoms with van der Waals surface area (Å²) in [5.74, 6) is 0.899. The van der Waals surface area contributed by atoms with E-state index >= 15 is 0 Å². The Morgan fingerprint density at radius 3 is 1.78 bits per heavy atom. The van der Waals surface area contributed by atoms with Crippen LogP contribution in [0.3, 0.4) is 0 Å². The predicted octanol–water partition coefficient (Wildman–Crippen LogP) is 5.56. The van der Waals surface area contributed by atoms with Gasteiger partial charge in [-0.05, 0) is 39.0 Å². The Morgan fingerprint density at radius 2 is 1.44 bits per heavy atom. The van der Waals surface area contributed by atoms with Gasteiger partial charge in [0.2, 0.25) is 0 Å². The summed E-state index contributed by atoms with van der Waals surface area (Å²) in [5, 5.41) is 0. The molecule has 0 heterocycles. The monoisotopic (exact) mass is 276 g/mol. The average Bonchev–Trinajstić information content (AvgIpc) is 2.17. The molecule has 0 aromatic rings. The number of hydrogen-bond acceptors (Lipinski definition) is 1. The van der Waals surface area contributed by atoms with Crippen molar-refractivity contribution in [1.82, 2.24) is 0 Å². The van der Waals surface area contributed by atoms with E-state index in [0.29, 0.717) is 5.41 Å². The lowest BCUT2D eigenvalue weighted by molar-refractivity contribution is 0.249. The van der Waals surface area contributed by atoms with E-state index in [4.69, 9.17) is 0 Å². The van der Waals surface area contributed by atoms with E-state index in [9.17, 15) is 4.21 Å². The van der Waals surface area contributed by atoms with Gasteiger partial charge in [-0.1, -0.05) is 53.9 Å². The summed E-state index contributed by atoms with van der Waals surface area (Å²) in [6.45, 7) is 12.8. The Hall–Kier alpha value is 0.150. The van der Waals surface area contributed by atoms with Crippen LogP contribution in [0.4, 0.5) is 0 Å². The maximum Gasteiger partial charge on any atom is 0.0375 e. The normalized spacial score (nSPS) is 20.1. The molecule has 18 heavy (non-hydrogen) atoms. The van der Waals surface area contributed by atoms with Crippen molar-refractivity contribution in [3.05, 3.63) is 0 Å². The van der Waals surface area contributed by atoms with Crippen LogP contribution in [0.1, 0.15) is 87.5 Å². The van der Waals surface area contributed by atoms with Crippen molar-refractivity contribution in [1.29, 1.82) is 0 Å². The van der Waals surface area contributed by atoms with Crippen molar-refractivity contribution < 1.29 is 4.21 Å². The summed E-state index contributed by atoms with van der Waals surface area (Å²) < 4.78 is 12.0. The quantitative estimate of drug-likeness (QED) is 0.645. The maximum absolute atomic E-state index is 12.0. The van der Waals surface area contributed by atoms with Crippen molar-refractivity contribution in [3.8, 4) is 0 Å². The molecule has 0 spiro atoms. The summed E-state index contributed by atoms with van der Waals surface area (Å²) >= 11 is 0. The van der Waals surface area contributed by atoms with Gasteiger partial charge in [0.15, 0.2) is 0 Å². The topological polar surface area (TPSA) is 17.1 Å². The van der Waals surface area contributed by atoms with Crippen molar-refractivity contribution in [3.63, 3.8) is 0 Å². The van der Waals surface area contributed by atoms with Gasteiger partial charge in [-0.15, -0.1) is 0 Å². The minimum Gasteiger partial charge on any atom is -0.259 e. The number of rotatable bonds is 2. The Labute approximate surface area is 119 Å². The molecule has 1 aliphatic rings. The van der Waals surface area contributed by atoms with E-state index in [2.05, 4.69) is 41.5 Å². The Bertz CT molecular complexity index is 222. The first-order valence-corrected chi connectivity index (χ1v) is 8.45. The summed E-state index contributed by atoms with van der Waals surface area (Å²) in [6, 6.07) is 0. The third kappa shape index (κ3) is 8.29. The van der Waals surface area contributed by atoms with Gasteiger partial charge in [-0.25, -0.2) is 0 Å². The summed E-state index contributed by atoms with van der Waals surface area (Å²) in [4.78, 5) is 0. The molecule has 0 aromatic carbocycles.